The summed E-state index contributed by atoms with van der Waals surface area (Å²) < 4.78 is 5.94. The molecule has 1 aliphatic heterocycles. The lowest BCUT2D eigenvalue weighted by Crippen LogP contribution is -2.48. The molecular formula is C25H29ClN4OS. The summed E-state index contributed by atoms with van der Waals surface area (Å²) in [4.78, 5) is 17.1. The summed E-state index contributed by atoms with van der Waals surface area (Å²) in [5.74, 6) is 1.52. The molecule has 1 fully saturated rings. The molecule has 32 heavy (non-hydrogen) atoms. The highest BCUT2D eigenvalue weighted by atomic mass is 35.5. The summed E-state index contributed by atoms with van der Waals surface area (Å²) in [7, 11) is 0. The van der Waals surface area contributed by atoms with E-state index in [1.165, 1.54) is 10.1 Å². The van der Waals surface area contributed by atoms with Gasteiger partial charge in [0.2, 0.25) is 5.91 Å². The first-order chi connectivity index (χ1) is 15.6. The number of piperazine rings is 1. The molecule has 0 spiro atoms. The van der Waals surface area contributed by atoms with E-state index in [0.717, 1.165) is 50.5 Å². The maximum absolute atomic E-state index is 12.2. The van der Waals surface area contributed by atoms with Gasteiger partial charge in [0.25, 0.3) is 0 Å². The number of hydrogen-bond acceptors (Lipinski definition) is 5. The average Bonchev–Trinajstić information content (AvgIpc) is 3.24. The molecule has 1 amide bonds. The van der Waals surface area contributed by atoms with Crippen LogP contribution in [-0.2, 0) is 11.2 Å². The van der Waals surface area contributed by atoms with Crippen LogP contribution in [-0.4, -0.2) is 54.4 Å². The monoisotopic (exact) mass is 468 g/mol. The number of nitrogens with one attached hydrogen (secondary N) is 1. The second kappa shape index (κ2) is 10.9. The second-order valence-corrected chi connectivity index (χ2v) is 9.47. The van der Waals surface area contributed by atoms with Gasteiger partial charge >= 0.3 is 0 Å². The van der Waals surface area contributed by atoms with Gasteiger partial charge in [-0.25, -0.2) is 0 Å². The average molecular weight is 469 g/mol. The van der Waals surface area contributed by atoms with Crippen LogP contribution in [0.15, 0.2) is 61.2 Å². The first-order valence-corrected chi connectivity index (χ1v) is 12.2. The summed E-state index contributed by atoms with van der Waals surface area (Å²) in [5.41, 5.74) is 0.970. The molecule has 1 aliphatic rings. The van der Waals surface area contributed by atoms with Crippen molar-refractivity contribution in [1.29, 1.82) is 0 Å². The second-order valence-electron chi connectivity index (χ2n) is 8.23. The molecule has 5 nitrogen and oxygen atoms in total. The Morgan fingerprint density at radius 2 is 1.91 bits per heavy atom. The summed E-state index contributed by atoms with van der Waals surface area (Å²) in [6, 6.07) is 15.9. The highest BCUT2D eigenvalue weighted by Crippen LogP contribution is 2.29. The largest absolute Gasteiger partial charge is 0.356 e. The van der Waals surface area contributed by atoms with Gasteiger partial charge < -0.3 is 10.2 Å². The zero-order chi connectivity index (χ0) is 22.3. The highest BCUT2D eigenvalue weighted by molar-refractivity contribution is 7.13. The van der Waals surface area contributed by atoms with E-state index < -0.39 is 0 Å². The Kier molecular flexibility index (Phi) is 7.79. The van der Waals surface area contributed by atoms with E-state index in [-0.39, 0.29) is 5.91 Å². The summed E-state index contributed by atoms with van der Waals surface area (Å²) >= 11 is 7.48. The Morgan fingerprint density at radius 3 is 2.66 bits per heavy atom. The van der Waals surface area contributed by atoms with Crippen LogP contribution >= 0.6 is 23.1 Å². The van der Waals surface area contributed by atoms with Gasteiger partial charge in [0, 0.05) is 49.7 Å². The number of anilines is 1. The smallest absolute Gasteiger partial charge is 0.224 e. The Morgan fingerprint density at radius 1 is 1.16 bits per heavy atom. The molecule has 2 aromatic carbocycles. The Balaban J connectivity index is 1.19. The van der Waals surface area contributed by atoms with Crippen molar-refractivity contribution in [3.05, 3.63) is 71.8 Å². The zero-order valence-electron chi connectivity index (χ0n) is 18.2. The first-order valence-electron chi connectivity index (χ1n) is 11.1. The maximum atomic E-state index is 12.2. The van der Waals surface area contributed by atoms with Crippen molar-refractivity contribution in [1.82, 2.24) is 14.6 Å². The van der Waals surface area contributed by atoms with Crippen LogP contribution < -0.4 is 10.2 Å². The van der Waals surface area contributed by atoms with Crippen molar-refractivity contribution in [2.24, 2.45) is 5.92 Å². The molecular weight excluding hydrogens is 440 g/mol. The molecule has 1 N–H and O–H groups in total. The van der Waals surface area contributed by atoms with Crippen LogP contribution in [0, 0.1) is 5.92 Å². The topological polar surface area (TPSA) is 48.5 Å². The molecule has 4 rings (SSSR count). The molecule has 0 saturated carbocycles. The third kappa shape index (κ3) is 5.88. The fourth-order valence-electron chi connectivity index (χ4n) is 4.11. The first kappa shape index (κ1) is 22.8. The third-order valence-corrected chi connectivity index (χ3v) is 7.04. The number of benzene rings is 2. The van der Waals surface area contributed by atoms with Crippen LogP contribution in [0.1, 0.15) is 12.0 Å². The SMILES string of the molecule is C=C[C@@H](CCNC(=O)Cc1ccc(Cl)cc1)CN1CCN(c2nsc3ccccc23)CC1. The Bertz CT molecular complexity index is 1040. The van der Waals surface area contributed by atoms with Gasteiger partial charge in [-0.2, -0.15) is 4.37 Å². The summed E-state index contributed by atoms with van der Waals surface area (Å²) in [6.45, 7) is 9.64. The minimum absolute atomic E-state index is 0.0410. The maximum Gasteiger partial charge on any atom is 0.224 e. The molecule has 168 valence electrons. The van der Waals surface area contributed by atoms with E-state index in [9.17, 15) is 4.79 Å². The number of aromatic nitrogens is 1. The van der Waals surface area contributed by atoms with E-state index in [4.69, 9.17) is 16.0 Å². The fourth-order valence-corrected chi connectivity index (χ4v) is 5.03. The number of fused-ring (bicyclic) bond motifs is 1. The molecule has 0 unspecified atom stereocenters. The van der Waals surface area contributed by atoms with Crippen molar-refractivity contribution >= 4 is 44.9 Å². The van der Waals surface area contributed by atoms with Crippen LogP contribution in [0.5, 0.6) is 0 Å². The highest BCUT2D eigenvalue weighted by Gasteiger charge is 2.22. The minimum Gasteiger partial charge on any atom is -0.356 e. The third-order valence-electron chi connectivity index (χ3n) is 5.97. The number of halogens is 1. The summed E-state index contributed by atoms with van der Waals surface area (Å²) in [5, 5.41) is 4.97. The molecule has 0 aliphatic carbocycles. The number of carbonyl (C=O) groups excluding carboxylic acids is 1. The van der Waals surface area contributed by atoms with Gasteiger partial charge in [-0.05, 0) is 53.7 Å². The number of nitrogens with zero attached hydrogens (tertiary/aromatic N) is 3. The van der Waals surface area contributed by atoms with Crippen LogP contribution in [0.3, 0.4) is 0 Å². The predicted molar refractivity (Wildman–Crippen MR) is 135 cm³/mol. The van der Waals surface area contributed by atoms with Crippen molar-refractivity contribution < 1.29 is 4.79 Å². The zero-order valence-corrected chi connectivity index (χ0v) is 19.7. The Hall–Kier alpha value is -2.41. The van der Waals surface area contributed by atoms with Crippen molar-refractivity contribution in [2.75, 3.05) is 44.2 Å². The molecule has 3 aromatic rings. The number of hydrogen-bond donors (Lipinski definition) is 1. The van der Waals surface area contributed by atoms with Crippen LogP contribution in [0.25, 0.3) is 10.1 Å². The number of amides is 1. The normalized spacial score (nSPS) is 15.6. The fraction of sp³-hybridized carbons (Fsp3) is 0.360. The van der Waals surface area contributed by atoms with Crippen molar-refractivity contribution in [3.8, 4) is 0 Å². The van der Waals surface area contributed by atoms with E-state index in [0.29, 0.717) is 23.9 Å². The van der Waals surface area contributed by atoms with Gasteiger partial charge in [0.05, 0.1) is 11.1 Å². The molecule has 1 atom stereocenters. The molecule has 0 radical (unpaired) electrons. The van der Waals surface area contributed by atoms with Gasteiger partial charge in [-0.3, -0.25) is 9.69 Å². The van der Waals surface area contributed by atoms with E-state index >= 15 is 0 Å². The van der Waals surface area contributed by atoms with Gasteiger partial charge in [0.15, 0.2) is 0 Å². The Labute approximate surface area is 198 Å². The van der Waals surface area contributed by atoms with E-state index in [1.54, 1.807) is 11.5 Å². The van der Waals surface area contributed by atoms with Gasteiger partial charge in [0.1, 0.15) is 5.82 Å². The predicted octanol–water partition coefficient (Wildman–Crippen LogP) is 4.62. The number of carbonyl (C=O) groups is 1. The van der Waals surface area contributed by atoms with Crippen molar-refractivity contribution in [2.45, 2.75) is 12.8 Å². The molecule has 7 heteroatoms. The van der Waals surface area contributed by atoms with Crippen molar-refractivity contribution in [3.63, 3.8) is 0 Å². The van der Waals surface area contributed by atoms with Gasteiger partial charge in [-0.1, -0.05) is 41.9 Å². The molecule has 1 saturated heterocycles. The molecule has 0 bridgehead atoms. The standard InChI is InChI=1S/C25H29ClN4OS/c1-2-19(11-12-27-24(31)17-20-7-9-21(26)10-8-20)18-29-13-15-30(16-14-29)25-22-5-3-4-6-23(22)32-28-25/h2-10,19H,1,11-18H2,(H,27,31)/t19-/m0/s1. The lowest BCUT2D eigenvalue weighted by atomic mass is 10.0. The lowest BCUT2D eigenvalue weighted by Gasteiger charge is -2.36. The molecule has 2 heterocycles. The van der Waals surface area contributed by atoms with E-state index in [1.807, 2.05) is 30.3 Å². The van der Waals surface area contributed by atoms with Crippen LogP contribution in [0.4, 0.5) is 5.82 Å². The summed E-state index contributed by atoms with van der Waals surface area (Å²) in [6.07, 6.45) is 3.29. The quantitative estimate of drug-likeness (QED) is 0.465. The van der Waals surface area contributed by atoms with E-state index in [2.05, 4.69) is 46.0 Å². The molecule has 1 aromatic heterocycles. The van der Waals surface area contributed by atoms with Gasteiger partial charge in [-0.15, -0.1) is 6.58 Å². The lowest BCUT2D eigenvalue weighted by molar-refractivity contribution is -0.120. The van der Waals surface area contributed by atoms with Crippen LogP contribution in [0.2, 0.25) is 5.02 Å². The number of rotatable bonds is 9. The minimum atomic E-state index is 0.0410.